The Morgan fingerprint density at radius 1 is 0.809 bits per heavy atom. The zero-order valence-corrected chi connectivity index (χ0v) is 26.3. The number of alkyl halides is 4. The fourth-order valence-corrected chi connectivity index (χ4v) is 7.09. The monoisotopic (exact) mass is 689 g/mol. The molecule has 2 saturated heterocycles. The van der Waals surface area contributed by atoms with Crippen LogP contribution in [-0.4, -0.2) is 130 Å². The molecular weight excluding hydrogens is 642 g/mol. The van der Waals surface area contributed by atoms with Gasteiger partial charge >= 0.3 is 5.97 Å². The number of amides is 1. The van der Waals surface area contributed by atoms with Gasteiger partial charge in [0.2, 0.25) is 12.3 Å². The van der Waals surface area contributed by atoms with E-state index in [1.165, 1.54) is 6.92 Å². The number of carboxylic acids is 1. The summed E-state index contributed by atoms with van der Waals surface area (Å²) in [6.45, 7) is 2.45. The second-order valence-corrected chi connectivity index (χ2v) is 13.1. The second-order valence-electron chi connectivity index (χ2n) is 13.1. The lowest BCUT2D eigenvalue weighted by molar-refractivity contribution is -0.344. The quantitative estimate of drug-likeness (QED) is 0.161. The molecule has 0 radical (unpaired) electrons. The van der Waals surface area contributed by atoms with E-state index < -0.39 is 110 Å². The summed E-state index contributed by atoms with van der Waals surface area (Å²) in [6.07, 6.45) is -22.1. The van der Waals surface area contributed by atoms with Gasteiger partial charge in [-0.25, -0.2) is 22.4 Å². The van der Waals surface area contributed by atoms with Crippen molar-refractivity contribution in [3.8, 4) is 0 Å². The van der Waals surface area contributed by atoms with Gasteiger partial charge in [-0.05, 0) is 32.1 Å². The molecule has 0 spiro atoms. The summed E-state index contributed by atoms with van der Waals surface area (Å²) < 4.78 is 85.6. The molecule has 0 aromatic rings. The highest BCUT2D eigenvalue weighted by molar-refractivity contribution is 5.73. The van der Waals surface area contributed by atoms with Crippen LogP contribution in [0.3, 0.4) is 0 Å². The van der Waals surface area contributed by atoms with E-state index in [9.17, 15) is 52.7 Å². The number of hydrogen-bond acceptors (Lipinski definition) is 11. The van der Waals surface area contributed by atoms with E-state index >= 15 is 0 Å². The number of aliphatic carboxylic acids is 1. The average molecular weight is 690 g/mol. The molecule has 4 rings (SSSR count). The molecule has 2 aliphatic heterocycles. The van der Waals surface area contributed by atoms with Crippen molar-refractivity contribution in [2.24, 2.45) is 11.8 Å². The highest BCUT2D eigenvalue weighted by Crippen LogP contribution is 2.39. The third-order valence-electron chi connectivity index (χ3n) is 9.65. The van der Waals surface area contributed by atoms with Gasteiger partial charge in [0.15, 0.2) is 18.7 Å². The summed E-state index contributed by atoms with van der Waals surface area (Å²) >= 11 is 0. The molecule has 47 heavy (non-hydrogen) atoms. The Morgan fingerprint density at radius 2 is 1.49 bits per heavy atom. The van der Waals surface area contributed by atoms with Crippen LogP contribution in [0.1, 0.15) is 71.6 Å². The van der Waals surface area contributed by atoms with Gasteiger partial charge in [-0.1, -0.05) is 38.5 Å². The molecule has 0 bridgehead atoms. The van der Waals surface area contributed by atoms with Crippen molar-refractivity contribution in [2.75, 3.05) is 0 Å². The second kappa shape index (κ2) is 16.8. The number of nitrogens with one attached hydrogen (secondary N) is 1. The van der Waals surface area contributed by atoms with E-state index in [1.54, 1.807) is 0 Å². The molecule has 2 aliphatic carbocycles. The van der Waals surface area contributed by atoms with Crippen LogP contribution in [-0.2, 0) is 33.3 Å². The van der Waals surface area contributed by atoms with Crippen molar-refractivity contribution in [3.63, 3.8) is 0 Å². The molecule has 0 aromatic carbocycles. The number of carbonyl (C=O) groups excluding carboxylic acids is 1. The number of rotatable bonds is 12. The lowest BCUT2D eigenvalue weighted by Gasteiger charge is -2.48. The first kappa shape index (κ1) is 38.1. The number of hydrogen-bond donors (Lipinski definition) is 6. The largest absolute Gasteiger partial charge is 0.479 e. The van der Waals surface area contributed by atoms with E-state index in [0.29, 0.717) is 0 Å². The fraction of sp³-hybridized carbons (Fsp3) is 0.933. The first-order valence-corrected chi connectivity index (χ1v) is 16.2. The topological polar surface area (TPSA) is 193 Å². The summed E-state index contributed by atoms with van der Waals surface area (Å²) in [7, 11) is 0. The van der Waals surface area contributed by atoms with Crippen LogP contribution in [0.15, 0.2) is 0 Å². The molecule has 2 heterocycles. The highest BCUT2D eigenvalue weighted by atomic mass is 19.3. The van der Waals surface area contributed by atoms with Gasteiger partial charge in [0, 0.05) is 12.8 Å². The van der Waals surface area contributed by atoms with E-state index in [4.69, 9.17) is 23.7 Å². The van der Waals surface area contributed by atoms with Gasteiger partial charge in [-0.2, -0.15) is 0 Å². The molecule has 17 heteroatoms. The smallest absolute Gasteiger partial charge is 0.332 e. The number of ether oxygens (including phenoxy) is 5. The van der Waals surface area contributed by atoms with Gasteiger partial charge in [-0.15, -0.1) is 0 Å². The predicted molar refractivity (Wildman–Crippen MR) is 151 cm³/mol. The van der Waals surface area contributed by atoms with Crippen molar-refractivity contribution in [1.82, 2.24) is 5.32 Å². The van der Waals surface area contributed by atoms with Crippen LogP contribution >= 0.6 is 0 Å². The fourth-order valence-electron chi connectivity index (χ4n) is 7.09. The zero-order valence-electron chi connectivity index (χ0n) is 26.3. The van der Waals surface area contributed by atoms with Crippen LogP contribution in [0.4, 0.5) is 17.6 Å². The SMILES string of the molecule is CC(=O)NC1C(O[C@@H](CC2CCCCC2)C(=O)O)[C@@H](O)[C@H](C(F)F)O[C@H]1O[C@@H]1CCCC(C(F)F)[C@H]1OC1O[C@@H](C)C(O)[C@H](O)[C@@H]1O. The summed E-state index contributed by atoms with van der Waals surface area (Å²) in [6, 6.07) is -1.56. The number of carbonyl (C=O) groups is 2. The molecular formula is C30H47F4NO12. The normalized spacial score (nSPS) is 41.1. The Hall–Kier alpha value is -1.70. The summed E-state index contributed by atoms with van der Waals surface area (Å²) in [5.74, 6) is -3.66. The van der Waals surface area contributed by atoms with Crippen LogP contribution in [0, 0.1) is 11.8 Å². The van der Waals surface area contributed by atoms with Gasteiger partial charge in [-0.3, -0.25) is 4.79 Å². The van der Waals surface area contributed by atoms with E-state index in [2.05, 4.69) is 5.32 Å². The van der Waals surface area contributed by atoms with Crippen LogP contribution in [0.25, 0.3) is 0 Å². The number of carboxylic acid groups (broad SMARTS) is 1. The molecule has 6 N–H and O–H groups in total. The minimum atomic E-state index is -3.32. The standard InChI is InChI=1S/C30H47F4NO12/c1-12-19(37)20(38)21(39)30(43-12)46-23-15(26(31)32)9-6-10-16(23)45-29-18(35-13(2)36)24(22(40)25(47-29)27(33)34)44-17(28(41)42)11-14-7-4-3-5-8-14/h12,14-27,29-30,37-40H,3-11H2,1-2H3,(H,35,36)(H,41,42)/t12-,15?,16+,17-,18?,19?,20-,21-,22+,23+,24?,25+,29+,30?/m0/s1. The van der Waals surface area contributed by atoms with Crippen molar-refractivity contribution < 1.29 is 76.4 Å². The maximum Gasteiger partial charge on any atom is 0.332 e. The Morgan fingerprint density at radius 3 is 2.09 bits per heavy atom. The Balaban J connectivity index is 1.62. The van der Waals surface area contributed by atoms with Gasteiger partial charge in [0.25, 0.3) is 6.43 Å². The first-order chi connectivity index (χ1) is 22.2. The van der Waals surface area contributed by atoms with Crippen molar-refractivity contribution in [3.05, 3.63) is 0 Å². The third-order valence-corrected chi connectivity index (χ3v) is 9.65. The van der Waals surface area contributed by atoms with Crippen molar-refractivity contribution in [2.45, 2.75) is 164 Å². The van der Waals surface area contributed by atoms with Crippen molar-refractivity contribution >= 4 is 11.9 Å². The summed E-state index contributed by atoms with van der Waals surface area (Å²) in [4.78, 5) is 24.6. The van der Waals surface area contributed by atoms with Crippen LogP contribution in [0.5, 0.6) is 0 Å². The minimum Gasteiger partial charge on any atom is -0.479 e. The summed E-state index contributed by atoms with van der Waals surface area (Å²) in [5.41, 5.74) is 0. The maximum absolute atomic E-state index is 14.3. The van der Waals surface area contributed by atoms with Crippen LogP contribution < -0.4 is 5.32 Å². The Labute approximate surface area is 269 Å². The molecule has 2 saturated carbocycles. The maximum atomic E-state index is 14.3. The highest BCUT2D eigenvalue weighted by Gasteiger charge is 2.54. The number of aliphatic hydroxyl groups excluding tert-OH is 4. The lowest BCUT2D eigenvalue weighted by Crippen LogP contribution is -2.67. The molecule has 4 aliphatic rings. The van der Waals surface area contributed by atoms with Gasteiger partial charge in [0.05, 0.1) is 18.3 Å². The zero-order chi connectivity index (χ0) is 34.6. The van der Waals surface area contributed by atoms with E-state index in [-0.39, 0.29) is 31.6 Å². The van der Waals surface area contributed by atoms with Crippen LogP contribution in [0.2, 0.25) is 0 Å². The number of halogens is 4. The summed E-state index contributed by atoms with van der Waals surface area (Å²) in [5, 5.41) is 54.2. The van der Waals surface area contributed by atoms with Crippen molar-refractivity contribution in [1.29, 1.82) is 0 Å². The molecule has 14 atom stereocenters. The minimum absolute atomic E-state index is 0.0230. The average Bonchev–Trinajstić information content (AvgIpc) is 3.01. The number of aliphatic hydroxyl groups is 4. The lowest BCUT2D eigenvalue weighted by atomic mass is 9.84. The van der Waals surface area contributed by atoms with E-state index in [0.717, 1.165) is 39.0 Å². The van der Waals surface area contributed by atoms with Gasteiger partial charge in [0.1, 0.15) is 42.7 Å². The predicted octanol–water partition coefficient (Wildman–Crippen LogP) is 1.31. The first-order valence-electron chi connectivity index (χ1n) is 16.2. The van der Waals surface area contributed by atoms with Gasteiger partial charge < -0.3 is 54.5 Å². The molecule has 13 nitrogen and oxygen atoms in total. The molecule has 5 unspecified atom stereocenters. The third kappa shape index (κ3) is 9.30. The molecule has 4 fully saturated rings. The molecule has 0 aromatic heterocycles. The molecule has 272 valence electrons. The molecule has 1 amide bonds. The Bertz CT molecular complexity index is 1030. The Kier molecular flexibility index (Phi) is 13.6. The van der Waals surface area contributed by atoms with E-state index in [1.807, 2.05) is 0 Å².